The van der Waals surface area contributed by atoms with Crippen LogP contribution < -0.4 is 20.7 Å². The lowest BCUT2D eigenvalue weighted by Crippen LogP contribution is -2.48. The van der Waals surface area contributed by atoms with E-state index in [2.05, 4.69) is 16.0 Å². The molecular formula is C21H19FN4O5. The number of carbonyl (C=O) groups excluding carboxylic acids is 4. The van der Waals surface area contributed by atoms with Crippen molar-refractivity contribution in [2.75, 3.05) is 25.0 Å². The highest BCUT2D eigenvalue weighted by Crippen LogP contribution is 2.40. The summed E-state index contributed by atoms with van der Waals surface area (Å²) in [6.07, 6.45) is 0.243. The van der Waals surface area contributed by atoms with Gasteiger partial charge in [0.1, 0.15) is 18.1 Å². The lowest BCUT2D eigenvalue weighted by atomic mass is 9.84. The Labute approximate surface area is 176 Å². The monoisotopic (exact) mass is 426 g/mol. The number of halogens is 1. The van der Waals surface area contributed by atoms with Gasteiger partial charge in [0.05, 0.1) is 13.2 Å². The average molecular weight is 426 g/mol. The van der Waals surface area contributed by atoms with Crippen molar-refractivity contribution < 1.29 is 28.3 Å². The fourth-order valence-corrected chi connectivity index (χ4v) is 3.63. The molecule has 1 spiro atoms. The van der Waals surface area contributed by atoms with Crippen LogP contribution in [0.2, 0.25) is 0 Å². The number of ether oxygens (including phenoxy) is 1. The molecule has 0 radical (unpaired) electrons. The second kappa shape index (κ2) is 8.05. The van der Waals surface area contributed by atoms with Crippen LogP contribution in [0.1, 0.15) is 12.0 Å². The molecule has 3 N–H and O–H groups in total. The van der Waals surface area contributed by atoms with Gasteiger partial charge in [0.25, 0.3) is 5.91 Å². The molecule has 160 valence electrons. The number of fused-ring (bicyclic) bond motifs is 2. The van der Waals surface area contributed by atoms with Crippen molar-refractivity contribution in [3.8, 4) is 5.75 Å². The van der Waals surface area contributed by atoms with E-state index >= 15 is 0 Å². The zero-order valence-corrected chi connectivity index (χ0v) is 16.3. The number of amides is 5. The number of imide groups is 1. The number of hydrogen-bond donors (Lipinski definition) is 3. The Balaban J connectivity index is 1.37. The third-order valence-electron chi connectivity index (χ3n) is 5.13. The van der Waals surface area contributed by atoms with Gasteiger partial charge in [-0.25, -0.2) is 9.18 Å². The van der Waals surface area contributed by atoms with Crippen LogP contribution in [0, 0.1) is 5.82 Å². The highest BCUT2D eigenvalue weighted by Gasteiger charge is 2.55. The molecular weight excluding hydrogens is 407 g/mol. The molecule has 2 aromatic rings. The molecule has 9 nitrogen and oxygen atoms in total. The predicted molar refractivity (Wildman–Crippen MR) is 107 cm³/mol. The molecule has 31 heavy (non-hydrogen) atoms. The Morgan fingerprint density at radius 2 is 1.84 bits per heavy atom. The number of para-hydroxylation sites is 1. The van der Waals surface area contributed by atoms with E-state index in [9.17, 15) is 23.6 Å². The van der Waals surface area contributed by atoms with Crippen molar-refractivity contribution in [3.05, 3.63) is 59.9 Å². The molecule has 2 heterocycles. The van der Waals surface area contributed by atoms with Gasteiger partial charge in [-0.05, 0) is 30.3 Å². The van der Waals surface area contributed by atoms with E-state index in [4.69, 9.17) is 4.74 Å². The van der Waals surface area contributed by atoms with Crippen molar-refractivity contribution in [1.82, 2.24) is 15.5 Å². The first kappa shape index (κ1) is 20.3. The molecule has 0 bridgehead atoms. The van der Waals surface area contributed by atoms with E-state index in [0.29, 0.717) is 17.0 Å². The Hall–Kier alpha value is -3.95. The third-order valence-corrected chi connectivity index (χ3v) is 5.13. The van der Waals surface area contributed by atoms with Gasteiger partial charge in [-0.15, -0.1) is 0 Å². The maximum Gasteiger partial charge on any atom is 0.325 e. The van der Waals surface area contributed by atoms with E-state index < -0.39 is 41.7 Å². The highest BCUT2D eigenvalue weighted by atomic mass is 19.1. The van der Waals surface area contributed by atoms with E-state index in [-0.39, 0.29) is 19.6 Å². The lowest BCUT2D eigenvalue weighted by Gasteiger charge is -2.33. The Bertz CT molecular complexity index is 1060. The zero-order valence-electron chi connectivity index (χ0n) is 16.3. The standard InChI is InChI=1S/C21H19FN4O5/c22-13-5-7-14(8-6-13)24-17(27)11-23-18(28)12-26-19(29)21(25-20(26)30)9-10-31-16-4-2-1-3-15(16)21/h1-8H,9-12H2,(H,23,28)(H,24,27)(H,25,30). The number of nitrogens with one attached hydrogen (secondary N) is 3. The van der Waals surface area contributed by atoms with E-state index in [1.165, 1.54) is 24.3 Å². The quantitative estimate of drug-likeness (QED) is 0.620. The summed E-state index contributed by atoms with van der Waals surface area (Å²) < 4.78 is 18.5. The fraction of sp³-hybridized carbons (Fsp3) is 0.238. The van der Waals surface area contributed by atoms with Crippen LogP contribution in [0.5, 0.6) is 5.75 Å². The maximum absolute atomic E-state index is 13.1. The van der Waals surface area contributed by atoms with Crippen molar-refractivity contribution in [2.24, 2.45) is 0 Å². The van der Waals surface area contributed by atoms with Crippen LogP contribution in [0.3, 0.4) is 0 Å². The van der Waals surface area contributed by atoms with Gasteiger partial charge < -0.3 is 20.7 Å². The minimum absolute atomic E-state index is 0.243. The van der Waals surface area contributed by atoms with Gasteiger partial charge in [0.15, 0.2) is 5.54 Å². The first-order valence-electron chi connectivity index (χ1n) is 9.57. The van der Waals surface area contributed by atoms with Crippen molar-refractivity contribution >= 4 is 29.4 Å². The molecule has 0 saturated carbocycles. The molecule has 1 atom stereocenters. The van der Waals surface area contributed by atoms with Crippen LogP contribution in [0.15, 0.2) is 48.5 Å². The van der Waals surface area contributed by atoms with E-state index in [0.717, 1.165) is 4.90 Å². The van der Waals surface area contributed by atoms with E-state index in [1.54, 1.807) is 24.3 Å². The molecule has 2 aliphatic rings. The zero-order chi connectivity index (χ0) is 22.0. The highest BCUT2D eigenvalue weighted by molar-refractivity contribution is 6.10. The van der Waals surface area contributed by atoms with Crippen LogP contribution >= 0.6 is 0 Å². The van der Waals surface area contributed by atoms with Crippen molar-refractivity contribution in [2.45, 2.75) is 12.0 Å². The summed E-state index contributed by atoms with van der Waals surface area (Å²) in [5, 5.41) is 7.57. The Morgan fingerprint density at radius 3 is 2.61 bits per heavy atom. The number of anilines is 1. The Morgan fingerprint density at radius 1 is 1.10 bits per heavy atom. The summed E-state index contributed by atoms with van der Waals surface area (Å²) >= 11 is 0. The summed E-state index contributed by atoms with van der Waals surface area (Å²) in [6, 6.07) is 11.4. The lowest BCUT2D eigenvalue weighted by molar-refractivity contribution is -0.136. The molecule has 0 aliphatic carbocycles. The maximum atomic E-state index is 13.1. The third kappa shape index (κ3) is 3.91. The van der Waals surface area contributed by atoms with Crippen LogP contribution in [0.25, 0.3) is 0 Å². The SMILES string of the molecule is O=C(CN1C(=O)NC2(CCOc3ccccc32)C1=O)NCC(=O)Nc1ccc(F)cc1. The number of nitrogens with zero attached hydrogens (tertiary/aromatic N) is 1. The second-order valence-corrected chi connectivity index (χ2v) is 7.15. The summed E-state index contributed by atoms with van der Waals surface area (Å²) in [6.45, 7) is -0.659. The first-order valence-corrected chi connectivity index (χ1v) is 9.57. The number of hydrogen-bond acceptors (Lipinski definition) is 5. The van der Waals surface area contributed by atoms with Gasteiger partial charge in [0, 0.05) is 17.7 Å². The van der Waals surface area contributed by atoms with Gasteiger partial charge >= 0.3 is 6.03 Å². The summed E-state index contributed by atoms with van der Waals surface area (Å²) in [5.74, 6) is -1.68. The number of rotatable bonds is 5. The largest absolute Gasteiger partial charge is 0.493 e. The summed E-state index contributed by atoms with van der Waals surface area (Å²) in [4.78, 5) is 50.6. The second-order valence-electron chi connectivity index (χ2n) is 7.15. The van der Waals surface area contributed by atoms with Gasteiger partial charge in [0.2, 0.25) is 11.8 Å². The van der Waals surface area contributed by atoms with E-state index in [1.807, 2.05) is 0 Å². The minimum Gasteiger partial charge on any atom is -0.493 e. The van der Waals surface area contributed by atoms with Gasteiger partial charge in [-0.3, -0.25) is 19.3 Å². The minimum atomic E-state index is -1.27. The van der Waals surface area contributed by atoms with Crippen LogP contribution in [0.4, 0.5) is 14.9 Å². The Kier molecular flexibility index (Phi) is 5.28. The normalized spacial score (nSPS) is 19.5. The molecule has 4 rings (SSSR count). The fourth-order valence-electron chi connectivity index (χ4n) is 3.63. The van der Waals surface area contributed by atoms with Gasteiger partial charge in [-0.1, -0.05) is 18.2 Å². The molecule has 2 aromatic carbocycles. The summed E-state index contributed by atoms with van der Waals surface area (Å²) in [7, 11) is 0. The smallest absolute Gasteiger partial charge is 0.325 e. The number of benzene rings is 2. The van der Waals surface area contributed by atoms with Crippen molar-refractivity contribution in [1.29, 1.82) is 0 Å². The van der Waals surface area contributed by atoms with Gasteiger partial charge in [-0.2, -0.15) is 0 Å². The molecule has 2 aliphatic heterocycles. The number of urea groups is 1. The number of carbonyl (C=O) groups is 4. The molecule has 1 saturated heterocycles. The molecule has 1 unspecified atom stereocenters. The molecule has 0 aromatic heterocycles. The predicted octanol–water partition coefficient (Wildman–Crippen LogP) is 1.11. The van der Waals surface area contributed by atoms with Crippen molar-refractivity contribution in [3.63, 3.8) is 0 Å². The van der Waals surface area contributed by atoms with Crippen LogP contribution in [-0.2, 0) is 19.9 Å². The average Bonchev–Trinajstić information content (AvgIpc) is 2.99. The molecule has 1 fully saturated rings. The molecule has 5 amide bonds. The first-order chi connectivity index (χ1) is 14.9. The summed E-state index contributed by atoms with van der Waals surface area (Å²) in [5.41, 5.74) is -0.359. The topological polar surface area (TPSA) is 117 Å². The van der Waals surface area contributed by atoms with Crippen LogP contribution in [-0.4, -0.2) is 48.3 Å². The molecule has 10 heteroatoms.